The quantitative estimate of drug-likeness (QED) is 0.387. The largest absolute Gasteiger partial charge is 0.493 e. The lowest BCUT2D eigenvalue weighted by Gasteiger charge is -2.21. The van der Waals surface area contributed by atoms with Crippen molar-refractivity contribution in [1.82, 2.24) is 15.1 Å². The number of fused-ring (bicyclic) bond motifs is 1. The fourth-order valence-electron chi connectivity index (χ4n) is 4.01. The van der Waals surface area contributed by atoms with Crippen LogP contribution in [0.5, 0.6) is 5.75 Å². The van der Waals surface area contributed by atoms with Crippen LogP contribution in [-0.4, -0.2) is 22.3 Å². The Kier molecular flexibility index (Phi) is 6.07. The van der Waals surface area contributed by atoms with E-state index in [-0.39, 0.29) is 5.91 Å². The normalized spacial score (nSPS) is 13.3. The minimum Gasteiger partial charge on any atom is -0.493 e. The van der Waals surface area contributed by atoms with Crippen LogP contribution in [0.3, 0.4) is 0 Å². The molecule has 1 atom stereocenters. The molecule has 1 aliphatic rings. The molecule has 0 spiro atoms. The molecule has 166 valence electrons. The van der Waals surface area contributed by atoms with E-state index in [4.69, 9.17) is 27.9 Å². The number of carbonyl (C=O) groups is 1. The zero-order chi connectivity index (χ0) is 22.8. The van der Waals surface area contributed by atoms with Gasteiger partial charge in [-0.2, -0.15) is 5.10 Å². The smallest absolute Gasteiger partial charge is 0.272 e. The Morgan fingerprint density at radius 2 is 1.91 bits per heavy atom. The molecule has 0 bridgehead atoms. The molecule has 7 heteroatoms. The minimum atomic E-state index is -0.492. The van der Waals surface area contributed by atoms with Gasteiger partial charge in [-0.1, -0.05) is 59.6 Å². The number of aromatic nitrogens is 2. The van der Waals surface area contributed by atoms with Gasteiger partial charge < -0.3 is 10.1 Å². The lowest BCUT2D eigenvalue weighted by molar-refractivity contribution is 0.0937. The van der Waals surface area contributed by atoms with E-state index >= 15 is 0 Å². The van der Waals surface area contributed by atoms with Gasteiger partial charge in [-0.25, -0.2) is 0 Å². The maximum atomic E-state index is 13.2. The van der Waals surface area contributed by atoms with Crippen LogP contribution in [0.4, 0.5) is 0 Å². The van der Waals surface area contributed by atoms with E-state index < -0.39 is 6.04 Å². The Morgan fingerprint density at radius 3 is 2.76 bits per heavy atom. The molecular weight excluding hydrogens is 457 g/mol. The summed E-state index contributed by atoms with van der Waals surface area (Å²) in [5.74, 6) is 0.584. The number of nitrogens with one attached hydrogen (secondary N) is 1. The van der Waals surface area contributed by atoms with Gasteiger partial charge in [-0.05, 0) is 58.7 Å². The molecule has 0 saturated carbocycles. The molecule has 5 rings (SSSR count). The average molecular weight is 478 g/mol. The Morgan fingerprint density at radius 1 is 1.06 bits per heavy atom. The Bertz CT molecular complexity index is 1300. The lowest BCUT2D eigenvalue weighted by Crippen LogP contribution is -2.30. The van der Waals surface area contributed by atoms with E-state index in [2.05, 4.69) is 16.5 Å². The monoisotopic (exact) mass is 477 g/mol. The molecule has 1 aromatic heterocycles. The molecule has 5 nitrogen and oxygen atoms in total. The Labute approximate surface area is 201 Å². The first-order valence-corrected chi connectivity index (χ1v) is 11.4. The number of amides is 1. The highest BCUT2D eigenvalue weighted by molar-refractivity contribution is 6.33. The van der Waals surface area contributed by atoms with E-state index in [0.29, 0.717) is 28.9 Å². The third-order valence-electron chi connectivity index (χ3n) is 5.65. The summed E-state index contributed by atoms with van der Waals surface area (Å²) >= 11 is 12.8. The van der Waals surface area contributed by atoms with Crippen molar-refractivity contribution in [2.45, 2.75) is 19.0 Å². The lowest BCUT2D eigenvalue weighted by atomic mass is 9.96. The highest BCUT2D eigenvalue weighted by Gasteiger charge is 2.24. The van der Waals surface area contributed by atoms with E-state index in [1.54, 1.807) is 35.1 Å². The number of rotatable bonds is 6. The topological polar surface area (TPSA) is 56.1 Å². The second-order valence-electron chi connectivity index (χ2n) is 7.92. The molecule has 1 N–H and O–H groups in total. The van der Waals surface area contributed by atoms with Gasteiger partial charge in [-0.15, -0.1) is 0 Å². The standard InChI is InChI=1S/C26H21Cl2N3O2/c27-20-7-8-22(28)21(15-20)25(19-6-9-24-18(14-19)11-13-33-24)29-26(32)23-10-12-31(30-23)16-17-4-2-1-3-5-17/h1-10,12,14-15,25H,11,13,16H2,(H,29,32). The van der Waals surface area contributed by atoms with Crippen LogP contribution in [0.1, 0.15) is 38.8 Å². The van der Waals surface area contributed by atoms with Crippen molar-refractivity contribution < 1.29 is 9.53 Å². The number of hydrogen-bond acceptors (Lipinski definition) is 3. The van der Waals surface area contributed by atoms with Crippen molar-refractivity contribution in [3.8, 4) is 5.75 Å². The highest BCUT2D eigenvalue weighted by Crippen LogP contribution is 2.34. The number of hydrogen-bond donors (Lipinski definition) is 1. The van der Waals surface area contributed by atoms with Gasteiger partial charge in [0.15, 0.2) is 0 Å². The summed E-state index contributed by atoms with van der Waals surface area (Å²) in [5.41, 5.74) is 4.17. The van der Waals surface area contributed by atoms with Gasteiger partial charge in [0.1, 0.15) is 11.4 Å². The van der Waals surface area contributed by atoms with Crippen LogP contribution in [0, 0.1) is 0 Å². The summed E-state index contributed by atoms with van der Waals surface area (Å²) in [6, 6.07) is 22.4. The van der Waals surface area contributed by atoms with E-state index in [1.165, 1.54) is 0 Å². The molecule has 0 radical (unpaired) electrons. The van der Waals surface area contributed by atoms with Crippen molar-refractivity contribution in [3.63, 3.8) is 0 Å². The molecule has 1 unspecified atom stereocenters. The number of benzene rings is 3. The SMILES string of the molecule is O=C(NC(c1ccc2c(c1)CCO2)c1cc(Cl)ccc1Cl)c1ccn(Cc2ccccc2)n1. The molecule has 4 aromatic rings. The number of carbonyl (C=O) groups excluding carboxylic acids is 1. The van der Waals surface area contributed by atoms with Gasteiger partial charge in [-0.3, -0.25) is 9.48 Å². The van der Waals surface area contributed by atoms with Crippen molar-refractivity contribution in [1.29, 1.82) is 0 Å². The van der Waals surface area contributed by atoms with Crippen molar-refractivity contribution >= 4 is 29.1 Å². The van der Waals surface area contributed by atoms with E-state index in [1.807, 2.05) is 42.5 Å². The first-order chi connectivity index (χ1) is 16.1. The Hall–Kier alpha value is -3.28. The summed E-state index contributed by atoms with van der Waals surface area (Å²) in [5, 5.41) is 8.64. The molecule has 1 aliphatic heterocycles. The Balaban J connectivity index is 1.44. The van der Waals surface area contributed by atoms with Crippen LogP contribution in [0.25, 0.3) is 0 Å². The predicted molar refractivity (Wildman–Crippen MR) is 129 cm³/mol. The fraction of sp³-hybridized carbons (Fsp3) is 0.154. The van der Waals surface area contributed by atoms with Crippen LogP contribution in [0.2, 0.25) is 10.0 Å². The number of halogens is 2. The second-order valence-corrected chi connectivity index (χ2v) is 8.77. The van der Waals surface area contributed by atoms with Gasteiger partial charge in [0.05, 0.1) is 19.2 Å². The molecule has 0 saturated heterocycles. The molecule has 33 heavy (non-hydrogen) atoms. The maximum absolute atomic E-state index is 13.2. The summed E-state index contributed by atoms with van der Waals surface area (Å²) in [7, 11) is 0. The number of nitrogens with zero attached hydrogens (tertiary/aromatic N) is 2. The predicted octanol–water partition coefficient (Wildman–Crippen LogP) is 5.69. The molecule has 0 fully saturated rings. The third kappa shape index (κ3) is 4.75. The highest BCUT2D eigenvalue weighted by atomic mass is 35.5. The second kappa shape index (κ2) is 9.30. The van der Waals surface area contributed by atoms with Gasteiger partial charge >= 0.3 is 0 Å². The first kappa shape index (κ1) is 21.6. The molecular formula is C26H21Cl2N3O2. The number of ether oxygens (including phenoxy) is 1. The summed E-state index contributed by atoms with van der Waals surface area (Å²) in [4.78, 5) is 13.2. The van der Waals surface area contributed by atoms with Crippen molar-refractivity contribution in [3.05, 3.63) is 117 Å². The first-order valence-electron chi connectivity index (χ1n) is 10.7. The van der Waals surface area contributed by atoms with Gasteiger partial charge in [0, 0.05) is 22.7 Å². The van der Waals surface area contributed by atoms with Crippen LogP contribution >= 0.6 is 23.2 Å². The molecule has 3 aromatic carbocycles. The fourth-order valence-corrected chi connectivity index (χ4v) is 4.42. The summed E-state index contributed by atoms with van der Waals surface area (Å²) in [6.45, 7) is 1.25. The average Bonchev–Trinajstić information content (AvgIpc) is 3.49. The van der Waals surface area contributed by atoms with Gasteiger partial charge in [0.2, 0.25) is 0 Å². The third-order valence-corrected chi connectivity index (χ3v) is 6.23. The minimum absolute atomic E-state index is 0.292. The van der Waals surface area contributed by atoms with E-state index in [0.717, 1.165) is 34.4 Å². The van der Waals surface area contributed by atoms with Crippen LogP contribution in [-0.2, 0) is 13.0 Å². The molecule has 2 heterocycles. The van der Waals surface area contributed by atoms with Crippen molar-refractivity contribution in [2.24, 2.45) is 0 Å². The zero-order valence-corrected chi connectivity index (χ0v) is 19.2. The van der Waals surface area contributed by atoms with E-state index in [9.17, 15) is 4.79 Å². The van der Waals surface area contributed by atoms with Gasteiger partial charge in [0.25, 0.3) is 5.91 Å². The molecule has 0 aliphatic carbocycles. The molecule has 1 amide bonds. The van der Waals surface area contributed by atoms with Crippen LogP contribution < -0.4 is 10.1 Å². The summed E-state index contributed by atoms with van der Waals surface area (Å²) < 4.78 is 7.38. The summed E-state index contributed by atoms with van der Waals surface area (Å²) in [6.07, 6.45) is 2.63. The maximum Gasteiger partial charge on any atom is 0.272 e. The van der Waals surface area contributed by atoms with Crippen molar-refractivity contribution in [2.75, 3.05) is 6.61 Å². The van der Waals surface area contributed by atoms with Crippen LogP contribution in [0.15, 0.2) is 79.0 Å². The zero-order valence-electron chi connectivity index (χ0n) is 17.7.